The van der Waals surface area contributed by atoms with Gasteiger partial charge in [-0.1, -0.05) is 19.3 Å². The zero-order valence-corrected chi connectivity index (χ0v) is 11.6. The Balaban J connectivity index is 1.98. The van der Waals surface area contributed by atoms with Crippen molar-refractivity contribution in [3.8, 4) is 0 Å². The van der Waals surface area contributed by atoms with Gasteiger partial charge in [-0.05, 0) is 43.9 Å². The van der Waals surface area contributed by atoms with Gasteiger partial charge in [-0.15, -0.1) is 0 Å². The first-order valence-electron chi connectivity index (χ1n) is 7.07. The first kappa shape index (κ1) is 14.0. The molecule has 3 N–H and O–H groups in total. The lowest BCUT2D eigenvalue weighted by atomic mass is 9.71. The van der Waals surface area contributed by atoms with Gasteiger partial charge in [-0.25, -0.2) is 0 Å². The topological polar surface area (TPSA) is 68.0 Å². The molecule has 4 nitrogen and oxygen atoms in total. The smallest absolute Gasteiger partial charge is 0.225 e. The number of carbonyl (C=O) groups is 1. The van der Waals surface area contributed by atoms with E-state index in [4.69, 9.17) is 5.73 Å². The number of carbonyl (C=O) groups excluding carboxylic acids is 1. The quantitative estimate of drug-likeness (QED) is 0.875. The Labute approximate surface area is 114 Å². The average Bonchev–Trinajstić information content (AvgIpc) is 2.42. The summed E-state index contributed by atoms with van der Waals surface area (Å²) in [5.74, 6) is 0.0588. The molecule has 1 aromatic heterocycles. The third kappa shape index (κ3) is 3.53. The number of anilines is 1. The maximum absolute atomic E-state index is 12.2. The number of aryl methyl sites for hydroxylation is 1. The Morgan fingerprint density at radius 2 is 2.16 bits per heavy atom. The summed E-state index contributed by atoms with van der Waals surface area (Å²) >= 11 is 0. The van der Waals surface area contributed by atoms with Crippen molar-refractivity contribution in [2.24, 2.45) is 11.1 Å². The van der Waals surface area contributed by atoms with Crippen LogP contribution < -0.4 is 11.1 Å². The molecule has 19 heavy (non-hydrogen) atoms. The number of nitrogens with one attached hydrogen (secondary N) is 1. The molecule has 0 bridgehead atoms. The van der Waals surface area contributed by atoms with Crippen molar-refractivity contribution in [1.82, 2.24) is 4.98 Å². The fourth-order valence-corrected chi connectivity index (χ4v) is 2.91. The van der Waals surface area contributed by atoms with Gasteiger partial charge in [0.2, 0.25) is 5.91 Å². The molecule has 1 aliphatic rings. The van der Waals surface area contributed by atoms with E-state index in [1.165, 1.54) is 19.3 Å². The fraction of sp³-hybridized carbons (Fsp3) is 0.600. The van der Waals surface area contributed by atoms with Crippen LogP contribution >= 0.6 is 0 Å². The average molecular weight is 261 g/mol. The van der Waals surface area contributed by atoms with E-state index in [2.05, 4.69) is 10.3 Å². The molecule has 1 amide bonds. The largest absolute Gasteiger partial charge is 0.330 e. The summed E-state index contributed by atoms with van der Waals surface area (Å²) in [6.07, 6.45) is 8.05. The van der Waals surface area contributed by atoms with Crippen molar-refractivity contribution < 1.29 is 4.79 Å². The van der Waals surface area contributed by atoms with Crippen LogP contribution in [0.1, 0.15) is 44.2 Å². The van der Waals surface area contributed by atoms with Crippen molar-refractivity contribution in [2.45, 2.75) is 45.4 Å². The molecule has 2 rings (SSSR count). The predicted octanol–water partition coefficient (Wildman–Crippen LogP) is 2.63. The summed E-state index contributed by atoms with van der Waals surface area (Å²) in [4.78, 5) is 16.4. The molecule has 0 aromatic carbocycles. The first-order valence-corrected chi connectivity index (χ1v) is 7.07. The second-order valence-corrected chi connectivity index (χ2v) is 5.63. The molecule has 0 spiro atoms. The number of hydrogen-bond donors (Lipinski definition) is 2. The SMILES string of the molecule is Cc1ncccc1NC(=O)CC1(CN)CCCCC1. The summed E-state index contributed by atoms with van der Waals surface area (Å²) in [7, 11) is 0. The number of rotatable bonds is 4. The lowest BCUT2D eigenvalue weighted by Crippen LogP contribution is -2.36. The minimum absolute atomic E-state index is 0.0123. The van der Waals surface area contributed by atoms with Gasteiger partial charge in [-0.2, -0.15) is 0 Å². The number of nitrogens with zero attached hydrogens (tertiary/aromatic N) is 1. The molecule has 4 heteroatoms. The number of pyridine rings is 1. The van der Waals surface area contributed by atoms with Gasteiger partial charge in [0.15, 0.2) is 0 Å². The zero-order chi connectivity index (χ0) is 13.7. The van der Waals surface area contributed by atoms with Crippen molar-refractivity contribution >= 4 is 11.6 Å². The van der Waals surface area contributed by atoms with Crippen LogP contribution in [0.4, 0.5) is 5.69 Å². The summed E-state index contributed by atoms with van der Waals surface area (Å²) < 4.78 is 0. The van der Waals surface area contributed by atoms with Crippen molar-refractivity contribution in [2.75, 3.05) is 11.9 Å². The highest BCUT2D eigenvalue weighted by Crippen LogP contribution is 2.38. The van der Waals surface area contributed by atoms with Crippen LogP contribution in [0.5, 0.6) is 0 Å². The number of nitrogens with two attached hydrogens (primary N) is 1. The molecule has 0 unspecified atom stereocenters. The summed E-state index contributed by atoms with van der Waals surface area (Å²) in [5.41, 5.74) is 7.58. The molecular formula is C15H23N3O. The Morgan fingerprint density at radius 1 is 1.42 bits per heavy atom. The van der Waals surface area contributed by atoms with E-state index < -0.39 is 0 Å². The fourth-order valence-electron chi connectivity index (χ4n) is 2.91. The van der Waals surface area contributed by atoms with Crippen LogP contribution in [-0.2, 0) is 4.79 Å². The van der Waals surface area contributed by atoms with E-state index in [1.807, 2.05) is 19.1 Å². The molecule has 104 valence electrons. The number of amides is 1. The van der Waals surface area contributed by atoms with E-state index in [0.717, 1.165) is 24.2 Å². The van der Waals surface area contributed by atoms with E-state index in [1.54, 1.807) is 6.20 Å². The van der Waals surface area contributed by atoms with Gasteiger partial charge in [0, 0.05) is 12.6 Å². The summed E-state index contributed by atoms with van der Waals surface area (Å²) in [6.45, 7) is 2.50. The van der Waals surface area contributed by atoms with Crippen LogP contribution in [-0.4, -0.2) is 17.4 Å². The predicted molar refractivity (Wildman–Crippen MR) is 76.8 cm³/mol. The van der Waals surface area contributed by atoms with Crippen molar-refractivity contribution in [3.05, 3.63) is 24.0 Å². The molecule has 1 aromatic rings. The third-order valence-electron chi connectivity index (χ3n) is 4.16. The minimum atomic E-state index is 0.0123. The summed E-state index contributed by atoms with van der Waals surface area (Å²) in [6, 6.07) is 3.72. The lowest BCUT2D eigenvalue weighted by Gasteiger charge is -2.35. The van der Waals surface area contributed by atoms with Crippen LogP contribution in [0, 0.1) is 12.3 Å². The van der Waals surface area contributed by atoms with E-state index in [0.29, 0.717) is 13.0 Å². The van der Waals surface area contributed by atoms with Crippen LogP contribution in [0.2, 0.25) is 0 Å². The second-order valence-electron chi connectivity index (χ2n) is 5.63. The molecule has 0 saturated heterocycles. The Hall–Kier alpha value is -1.42. The van der Waals surface area contributed by atoms with Gasteiger partial charge < -0.3 is 11.1 Å². The Bertz CT molecular complexity index is 439. The van der Waals surface area contributed by atoms with Crippen LogP contribution in [0.3, 0.4) is 0 Å². The molecule has 1 heterocycles. The van der Waals surface area contributed by atoms with Crippen LogP contribution in [0.15, 0.2) is 18.3 Å². The second kappa shape index (κ2) is 6.15. The van der Waals surface area contributed by atoms with Gasteiger partial charge in [0.25, 0.3) is 0 Å². The highest BCUT2D eigenvalue weighted by molar-refractivity contribution is 5.91. The third-order valence-corrected chi connectivity index (χ3v) is 4.16. The zero-order valence-electron chi connectivity index (χ0n) is 11.6. The standard InChI is InChI=1S/C15H23N3O/c1-12-13(6-5-9-17-12)18-14(19)10-15(11-16)7-3-2-4-8-15/h5-6,9H,2-4,7-8,10-11,16H2,1H3,(H,18,19). The normalized spacial score (nSPS) is 18.0. The molecule has 0 atom stereocenters. The highest BCUT2D eigenvalue weighted by Gasteiger charge is 2.32. The molecule has 0 radical (unpaired) electrons. The van der Waals surface area contributed by atoms with E-state index in [9.17, 15) is 4.79 Å². The minimum Gasteiger partial charge on any atom is -0.330 e. The van der Waals surface area contributed by atoms with Gasteiger partial charge in [0.1, 0.15) is 0 Å². The monoisotopic (exact) mass is 261 g/mol. The molecular weight excluding hydrogens is 238 g/mol. The molecule has 1 aliphatic carbocycles. The molecule has 1 saturated carbocycles. The molecule has 1 fully saturated rings. The number of aromatic nitrogens is 1. The molecule has 0 aliphatic heterocycles. The Kier molecular flexibility index (Phi) is 4.53. The van der Waals surface area contributed by atoms with Gasteiger partial charge >= 0.3 is 0 Å². The van der Waals surface area contributed by atoms with Crippen molar-refractivity contribution in [1.29, 1.82) is 0 Å². The highest BCUT2D eigenvalue weighted by atomic mass is 16.1. The lowest BCUT2D eigenvalue weighted by molar-refractivity contribution is -0.118. The van der Waals surface area contributed by atoms with Gasteiger partial charge in [-0.3, -0.25) is 9.78 Å². The Morgan fingerprint density at radius 3 is 2.79 bits per heavy atom. The van der Waals surface area contributed by atoms with Gasteiger partial charge in [0.05, 0.1) is 11.4 Å². The first-order chi connectivity index (χ1) is 9.15. The van der Waals surface area contributed by atoms with E-state index >= 15 is 0 Å². The summed E-state index contributed by atoms with van der Waals surface area (Å²) in [5, 5.41) is 2.96. The maximum atomic E-state index is 12.2. The number of hydrogen-bond acceptors (Lipinski definition) is 3. The maximum Gasteiger partial charge on any atom is 0.225 e. The van der Waals surface area contributed by atoms with E-state index in [-0.39, 0.29) is 11.3 Å². The van der Waals surface area contributed by atoms with Crippen molar-refractivity contribution in [3.63, 3.8) is 0 Å². The van der Waals surface area contributed by atoms with Crippen LogP contribution in [0.25, 0.3) is 0 Å².